The summed E-state index contributed by atoms with van der Waals surface area (Å²) in [6.45, 7) is -0.317. The average Bonchev–Trinajstić information content (AvgIpc) is 3.74. The quantitative estimate of drug-likeness (QED) is 0.169. The Labute approximate surface area is 295 Å². The number of likely N-dealkylation sites (tertiary alicyclic amines) is 2. The summed E-state index contributed by atoms with van der Waals surface area (Å²) in [5.74, 6) is -4.00. The molecule has 1 N–H and O–H groups in total. The van der Waals surface area contributed by atoms with Gasteiger partial charge in [-0.3, -0.25) is 19.2 Å². The Kier molecular flexibility index (Phi) is 12.0. The zero-order chi connectivity index (χ0) is 37.2. The van der Waals surface area contributed by atoms with E-state index < -0.39 is 36.0 Å². The van der Waals surface area contributed by atoms with E-state index in [0.29, 0.717) is 22.6 Å². The first-order valence-corrected chi connectivity index (χ1v) is 16.1. The third kappa shape index (κ3) is 8.37. The third-order valence-corrected chi connectivity index (χ3v) is 9.40. The number of piperidine rings is 2. The number of benzene rings is 2. The smallest absolute Gasteiger partial charge is 0.471 e. The van der Waals surface area contributed by atoms with E-state index in [1.807, 2.05) is 29.9 Å². The van der Waals surface area contributed by atoms with E-state index in [0.717, 1.165) is 31.6 Å². The van der Waals surface area contributed by atoms with Crippen LogP contribution in [-0.4, -0.2) is 95.5 Å². The molecule has 2 aromatic heterocycles. The number of amides is 2. The van der Waals surface area contributed by atoms with Crippen LogP contribution in [0.4, 0.5) is 26.3 Å². The van der Waals surface area contributed by atoms with Gasteiger partial charge < -0.3 is 28.8 Å². The number of carbonyl (C=O) groups excluding carboxylic acids is 4. The van der Waals surface area contributed by atoms with Gasteiger partial charge in [-0.1, -0.05) is 7.43 Å². The second-order valence-corrected chi connectivity index (χ2v) is 12.5. The lowest BCUT2D eigenvalue weighted by molar-refractivity contribution is -0.186. The van der Waals surface area contributed by atoms with E-state index in [1.165, 1.54) is 14.2 Å². The number of aryl methyl sites for hydroxylation is 1. The molecule has 0 unspecified atom stereocenters. The fraction of sp³-hybridized carbons (Fsp3) is 0.444. The topological polar surface area (TPSA) is 114 Å². The highest BCUT2D eigenvalue weighted by molar-refractivity contribution is 6.05. The van der Waals surface area contributed by atoms with Gasteiger partial charge >= 0.3 is 24.2 Å². The second kappa shape index (κ2) is 15.7. The van der Waals surface area contributed by atoms with Gasteiger partial charge in [-0.2, -0.15) is 26.3 Å². The highest BCUT2D eigenvalue weighted by Crippen LogP contribution is 2.33. The van der Waals surface area contributed by atoms with Crippen molar-refractivity contribution in [3.63, 3.8) is 0 Å². The van der Waals surface area contributed by atoms with Gasteiger partial charge in [-0.25, -0.2) is 0 Å². The normalized spacial score (nSPS) is 15.9. The monoisotopic (exact) mass is 738 g/mol. The Morgan fingerprint density at radius 3 is 1.58 bits per heavy atom. The molecular formula is C36H40F6N4O6. The van der Waals surface area contributed by atoms with Gasteiger partial charge in [-0.15, -0.1) is 0 Å². The molecule has 0 aliphatic carbocycles. The number of fused-ring (bicyclic) bond motifs is 2. The summed E-state index contributed by atoms with van der Waals surface area (Å²) in [7, 11) is 4.83. The van der Waals surface area contributed by atoms with Crippen LogP contribution in [0.3, 0.4) is 0 Å². The van der Waals surface area contributed by atoms with Gasteiger partial charge in [0.25, 0.3) is 0 Å². The highest BCUT2D eigenvalue weighted by atomic mass is 19.4. The number of nitrogens with zero attached hydrogens (tertiary/aromatic N) is 3. The van der Waals surface area contributed by atoms with Crippen molar-refractivity contribution >= 4 is 45.2 Å². The fourth-order valence-electron chi connectivity index (χ4n) is 6.59. The van der Waals surface area contributed by atoms with Crippen LogP contribution in [0.1, 0.15) is 53.8 Å². The lowest BCUT2D eigenvalue weighted by Gasteiger charge is -2.31. The molecule has 0 radical (unpaired) electrons. The molecule has 0 bridgehead atoms. The second-order valence-electron chi connectivity index (χ2n) is 12.5. The first kappa shape index (κ1) is 39.8. The van der Waals surface area contributed by atoms with Crippen molar-refractivity contribution in [3.8, 4) is 11.5 Å². The van der Waals surface area contributed by atoms with Gasteiger partial charge in [0.1, 0.15) is 11.5 Å². The number of aromatic nitrogens is 2. The summed E-state index contributed by atoms with van der Waals surface area (Å²) in [6.07, 6.45) is -5.31. The molecule has 2 aromatic carbocycles. The molecule has 10 nitrogen and oxygen atoms in total. The predicted molar refractivity (Wildman–Crippen MR) is 180 cm³/mol. The molecule has 52 heavy (non-hydrogen) atoms. The van der Waals surface area contributed by atoms with Gasteiger partial charge in [0, 0.05) is 85.9 Å². The molecule has 282 valence electrons. The minimum absolute atomic E-state index is 0. The van der Waals surface area contributed by atoms with Crippen LogP contribution in [0.25, 0.3) is 21.8 Å². The molecule has 2 amide bonds. The average molecular weight is 739 g/mol. The zero-order valence-corrected chi connectivity index (χ0v) is 28.0. The minimum Gasteiger partial charge on any atom is -0.496 e. The summed E-state index contributed by atoms with van der Waals surface area (Å²) in [4.78, 5) is 52.8. The summed E-state index contributed by atoms with van der Waals surface area (Å²) in [5.41, 5.74) is 2.59. The summed E-state index contributed by atoms with van der Waals surface area (Å²) >= 11 is 0. The predicted octanol–water partition coefficient (Wildman–Crippen LogP) is 6.97. The van der Waals surface area contributed by atoms with Crippen LogP contribution in [0, 0.1) is 11.8 Å². The molecule has 2 aliphatic heterocycles. The number of Topliss-reactive ketones (excluding diaryl/α,β-unsaturated/α-hetero) is 2. The Bertz CT molecular complexity index is 1930. The first-order valence-electron chi connectivity index (χ1n) is 16.1. The number of hydrogen-bond donors (Lipinski definition) is 1. The van der Waals surface area contributed by atoms with Crippen molar-refractivity contribution < 1.29 is 55.0 Å². The van der Waals surface area contributed by atoms with Crippen molar-refractivity contribution in [1.82, 2.24) is 19.4 Å². The Morgan fingerprint density at radius 1 is 0.692 bits per heavy atom. The SMILES string of the molecule is C.COc1cc2[nH]ccc2cc1C(=O)C1CCN(C(=O)C(F)(F)F)CC1.COc1cc2c(ccn2C)cc1C(=O)C1CCN(C(=O)C(F)(F)F)CC1. The van der Waals surface area contributed by atoms with Gasteiger partial charge in [0.2, 0.25) is 0 Å². The van der Waals surface area contributed by atoms with Crippen LogP contribution in [0.2, 0.25) is 0 Å². The van der Waals surface area contributed by atoms with Gasteiger partial charge in [0.15, 0.2) is 11.6 Å². The fourth-order valence-corrected chi connectivity index (χ4v) is 6.59. The Hall–Kier alpha value is -5.02. The molecule has 0 atom stereocenters. The molecule has 2 saturated heterocycles. The number of rotatable bonds is 6. The highest BCUT2D eigenvalue weighted by Gasteiger charge is 2.45. The number of hydrogen-bond acceptors (Lipinski definition) is 6. The number of methoxy groups -OCH3 is 2. The molecule has 0 spiro atoms. The molecule has 2 fully saturated rings. The van der Waals surface area contributed by atoms with E-state index in [2.05, 4.69) is 4.98 Å². The number of ketones is 2. The molecule has 2 aliphatic rings. The third-order valence-electron chi connectivity index (χ3n) is 9.40. The van der Waals surface area contributed by atoms with Crippen LogP contribution in [0.5, 0.6) is 11.5 Å². The van der Waals surface area contributed by atoms with E-state index in [-0.39, 0.29) is 70.9 Å². The van der Waals surface area contributed by atoms with Crippen LogP contribution in [0.15, 0.2) is 48.8 Å². The van der Waals surface area contributed by atoms with E-state index in [1.54, 1.807) is 30.5 Å². The largest absolute Gasteiger partial charge is 0.496 e. The number of aromatic amines is 1. The van der Waals surface area contributed by atoms with Gasteiger partial charge in [-0.05, 0) is 49.9 Å². The van der Waals surface area contributed by atoms with E-state index >= 15 is 0 Å². The lowest BCUT2D eigenvalue weighted by Crippen LogP contribution is -2.46. The van der Waals surface area contributed by atoms with Crippen molar-refractivity contribution in [2.24, 2.45) is 18.9 Å². The van der Waals surface area contributed by atoms with Crippen molar-refractivity contribution in [1.29, 1.82) is 0 Å². The number of alkyl halides is 6. The summed E-state index contributed by atoms with van der Waals surface area (Å²) < 4.78 is 87.6. The number of carbonyl (C=O) groups is 4. The number of nitrogens with one attached hydrogen (secondary N) is 1. The van der Waals surface area contributed by atoms with Gasteiger partial charge in [0.05, 0.1) is 30.9 Å². The lowest BCUT2D eigenvalue weighted by atomic mass is 9.88. The Balaban J connectivity index is 0.000000228. The molecule has 6 rings (SSSR count). The zero-order valence-electron chi connectivity index (χ0n) is 28.0. The maximum Gasteiger partial charge on any atom is 0.471 e. The van der Waals surface area contributed by atoms with Crippen LogP contribution < -0.4 is 9.47 Å². The molecule has 4 aromatic rings. The molecule has 16 heteroatoms. The van der Waals surface area contributed by atoms with Crippen molar-refractivity contribution in [3.05, 3.63) is 59.9 Å². The van der Waals surface area contributed by atoms with E-state index in [4.69, 9.17) is 9.47 Å². The van der Waals surface area contributed by atoms with Crippen LogP contribution >= 0.6 is 0 Å². The number of ether oxygens (including phenoxy) is 2. The number of halogens is 6. The number of H-pyrrole nitrogens is 1. The van der Waals surface area contributed by atoms with Crippen molar-refractivity contribution in [2.75, 3.05) is 40.4 Å². The minimum atomic E-state index is -4.88. The maximum absolute atomic E-state index is 12.9. The van der Waals surface area contributed by atoms with E-state index in [9.17, 15) is 45.5 Å². The van der Waals surface area contributed by atoms with Crippen LogP contribution in [-0.2, 0) is 16.6 Å². The standard InChI is InChI=1S/C18H19F3N2O3.C17H17F3N2O3.CH4/c1-22-6-3-12-9-13(15(26-2)10-14(12)22)16(24)11-4-7-23(8-5-11)17(25)18(19,20)21;1-25-14-9-13-11(2-5-21-13)8-12(14)15(23)10-3-6-22(7-4-10)16(24)17(18,19)20;/h3,6,9-11H,4-5,7-8H2,1-2H3;2,5,8-10,21H,3-4,6-7H2,1H3;1H4. The molecule has 4 heterocycles. The van der Waals surface area contributed by atoms with Crippen molar-refractivity contribution in [2.45, 2.75) is 45.5 Å². The first-order chi connectivity index (χ1) is 24.0. The summed E-state index contributed by atoms with van der Waals surface area (Å²) in [6, 6.07) is 10.7. The molecular weight excluding hydrogens is 698 g/mol. The molecule has 0 saturated carbocycles. The Morgan fingerprint density at radius 2 is 1.13 bits per heavy atom. The summed E-state index contributed by atoms with van der Waals surface area (Å²) in [5, 5.41) is 1.75. The maximum atomic E-state index is 12.9.